The predicted molar refractivity (Wildman–Crippen MR) is 101 cm³/mol. The van der Waals surface area contributed by atoms with Crippen LogP contribution in [0.25, 0.3) is 11.1 Å². The van der Waals surface area contributed by atoms with E-state index in [0.29, 0.717) is 17.3 Å². The predicted octanol–water partition coefficient (Wildman–Crippen LogP) is 3.85. The first kappa shape index (κ1) is 17.4. The molecular formula is C21H22N4O2. The van der Waals surface area contributed by atoms with Gasteiger partial charge in [0, 0.05) is 43.9 Å². The van der Waals surface area contributed by atoms with Gasteiger partial charge in [-0.3, -0.25) is 9.78 Å². The van der Waals surface area contributed by atoms with Crippen LogP contribution in [0.15, 0.2) is 53.2 Å². The highest BCUT2D eigenvalue weighted by Gasteiger charge is 2.33. The van der Waals surface area contributed by atoms with E-state index in [1.54, 1.807) is 19.3 Å². The molecule has 0 radical (unpaired) electrons. The summed E-state index contributed by atoms with van der Waals surface area (Å²) in [7, 11) is 1.88. The topological polar surface area (TPSA) is 72.1 Å². The number of hydrogen-bond donors (Lipinski definition) is 0. The van der Waals surface area contributed by atoms with Gasteiger partial charge in [0.1, 0.15) is 0 Å². The van der Waals surface area contributed by atoms with Crippen LogP contribution in [0.5, 0.6) is 0 Å². The minimum absolute atomic E-state index is 0.0450. The minimum Gasteiger partial charge on any atom is -0.425 e. The number of nitrogens with zero attached hydrogens (tertiary/aromatic N) is 4. The van der Waals surface area contributed by atoms with Crippen molar-refractivity contribution in [2.24, 2.45) is 0 Å². The molecule has 27 heavy (non-hydrogen) atoms. The fourth-order valence-electron chi connectivity index (χ4n) is 3.73. The third kappa shape index (κ3) is 3.60. The van der Waals surface area contributed by atoms with Crippen molar-refractivity contribution in [3.05, 3.63) is 66.1 Å². The fourth-order valence-corrected chi connectivity index (χ4v) is 3.73. The Morgan fingerprint density at radius 1 is 1.04 bits per heavy atom. The van der Waals surface area contributed by atoms with Gasteiger partial charge in [0.05, 0.1) is 0 Å². The molecule has 0 saturated heterocycles. The van der Waals surface area contributed by atoms with Gasteiger partial charge in [-0.25, -0.2) is 0 Å². The lowest BCUT2D eigenvalue weighted by Crippen LogP contribution is -2.35. The van der Waals surface area contributed by atoms with Crippen molar-refractivity contribution in [1.29, 1.82) is 0 Å². The second kappa shape index (κ2) is 7.31. The maximum absolute atomic E-state index is 12.9. The average molecular weight is 362 g/mol. The van der Waals surface area contributed by atoms with Crippen LogP contribution in [0.3, 0.4) is 0 Å². The number of carbonyl (C=O) groups is 1. The smallest absolute Gasteiger partial charge is 0.253 e. The van der Waals surface area contributed by atoms with Crippen LogP contribution in [0.4, 0.5) is 0 Å². The molecule has 0 aliphatic heterocycles. The molecule has 2 heterocycles. The van der Waals surface area contributed by atoms with Gasteiger partial charge in [-0.05, 0) is 54.7 Å². The highest BCUT2D eigenvalue weighted by Crippen LogP contribution is 2.36. The third-order valence-electron chi connectivity index (χ3n) is 5.31. The lowest BCUT2D eigenvalue weighted by Gasteiger charge is -2.24. The second-order valence-electron chi connectivity index (χ2n) is 7.05. The molecule has 6 nitrogen and oxygen atoms in total. The van der Waals surface area contributed by atoms with Gasteiger partial charge in [-0.2, -0.15) is 0 Å². The number of carbonyl (C=O) groups excluding carboxylic acids is 1. The van der Waals surface area contributed by atoms with Crippen molar-refractivity contribution < 1.29 is 9.21 Å². The molecule has 0 spiro atoms. The summed E-state index contributed by atoms with van der Waals surface area (Å²) >= 11 is 0. The lowest BCUT2D eigenvalue weighted by atomic mass is 10.0. The van der Waals surface area contributed by atoms with E-state index >= 15 is 0 Å². The quantitative estimate of drug-likeness (QED) is 0.705. The maximum atomic E-state index is 12.9. The summed E-state index contributed by atoms with van der Waals surface area (Å²) < 4.78 is 5.57. The summed E-state index contributed by atoms with van der Waals surface area (Å²) in [5.41, 5.74) is 2.86. The van der Waals surface area contributed by atoms with Gasteiger partial charge in [0.15, 0.2) is 0 Å². The Morgan fingerprint density at radius 2 is 1.74 bits per heavy atom. The van der Waals surface area contributed by atoms with E-state index < -0.39 is 0 Å². The lowest BCUT2D eigenvalue weighted by molar-refractivity contribution is 0.0733. The standard InChI is InChI=1S/C21H22N4O2/c1-14-23-24-20(27-14)18-7-8-19(13-18)25(2)21(26)17-5-3-15(4-6-17)16-9-11-22-12-10-16/h3-6,9-12,18-19H,7-8,13H2,1-2H3/t18-,19+/m0/s1. The number of amides is 1. The van der Waals surface area contributed by atoms with Crippen LogP contribution in [0.2, 0.25) is 0 Å². The van der Waals surface area contributed by atoms with Gasteiger partial charge in [-0.15, -0.1) is 10.2 Å². The molecule has 6 heteroatoms. The van der Waals surface area contributed by atoms with Crippen molar-refractivity contribution in [3.8, 4) is 11.1 Å². The van der Waals surface area contributed by atoms with E-state index in [9.17, 15) is 4.79 Å². The van der Waals surface area contributed by atoms with E-state index in [4.69, 9.17) is 4.42 Å². The molecule has 1 aromatic carbocycles. The van der Waals surface area contributed by atoms with Crippen LogP contribution in [0.1, 0.15) is 47.3 Å². The van der Waals surface area contributed by atoms with Crippen molar-refractivity contribution >= 4 is 5.91 Å². The number of pyridine rings is 1. The Morgan fingerprint density at radius 3 is 2.41 bits per heavy atom. The normalized spacial score (nSPS) is 19.2. The Hall–Kier alpha value is -3.02. The highest BCUT2D eigenvalue weighted by molar-refractivity contribution is 5.94. The molecule has 3 aromatic rings. The van der Waals surface area contributed by atoms with E-state index in [0.717, 1.165) is 30.4 Å². The largest absolute Gasteiger partial charge is 0.425 e. The van der Waals surface area contributed by atoms with Crippen LogP contribution >= 0.6 is 0 Å². The SMILES string of the molecule is Cc1nnc([C@H]2CC[C@@H](N(C)C(=O)c3ccc(-c4ccncc4)cc3)C2)o1. The summed E-state index contributed by atoms with van der Waals surface area (Å²) in [6.45, 7) is 1.80. The molecular weight excluding hydrogens is 340 g/mol. The Balaban J connectivity index is 1.43. The van der Waals surface area contributed by atoms with E-state index in [2.05, 4.69) is 15.2 Å². The first-order chi connectivity index (χ1) is 13.1. The second-order valence-corrected chi connectivity index (χ2v) is 7.05. The van der Waals surface area contributed by atoms with Crippen molar-refractivity contribution in [2.75, 3.05) is 7.05 Å². The maximum Gasteiger partial charge on any atom is 0.253 e. The molecule has 1 aliphatic rings. The Labute approximate surface area is 158 Å². The fraction of sp³-hybridized carbons (Fsp3) is 0.333. The summed E-state index contributed by atoms with van der Waals surface area (Å²) in [6, 6.07) is 11.9. The molecule has 138 valence electrons. The van der Waals surface area contributed by atoms with Gasteiger partial charge in [0.2, 0.25) is 11.8 Å². The number of benzene rings is 1. The molecule has 2 aromatic heterocycles. The number of rotatable bonds is 4. The first-order valence-electron chi connectivity index (χ1n) is 9.19. The summed E-state index contributed by atoms with van der Waals surface area (Å²) in [5, 5.41) is 8.05. The van der Waals surface area contributed by atoms with Crippen LogP contribution in [-0.4, -0.2) is 39.1 Å². The monoisotopic (exact) mass is 362 g/mol. The Kier molecular flexibility index (Phi) is 4.71. The zero-order valence-corrected chi connectivity index (χ0v) is 15.5. The van der Waals surface area contributed by atoms with E-state index in [-0.39, 0.29) is 17.9 Å². The summed E-state index contributed by atoms with van der Waals surface area (Å²) in [6.07, 6.45) is 6.31. The van der Waals surface area contributed by atoms with Crippen molar-refractivity contribution in [1.82, 2.24) is 20.1 Å². The van der Waals surface area contributed by atoms with Crippen molar-refractivity contribution in [2.45, 2.75) is 38.1 Å². The third-order valence-corrected chi connectivity index (χ3v) is 5.31. The van der Waals surface area contributed by atoms with Crippen molar-refractivity contribution in [3.63, 3.8) is 0 Å². The summed E-state index contributed by atoms with van der Waals surface area (Å²) in [4.78, 5) is 18.8. The van der Waals surface area contributed by atoms with Crippen LogP contribution in [0, 0.1) is 6.92 Å². The molecule has 1 fully saturated rings. The van der Waals surface area contributed by atoms with Gasteiger partial charge in [0.25, 0.3) is 5.91 Å². The van der Waals surface area contributed by atoms with Crippen LogP contribution < -0.4 is 0 Å². The molecule has 0 N–H and O–H groups in total. The highest BCUT2D eigenvalue weighted by atomic mass is 16.4. The number of aryl methyl sites for hydroxylation is 1. The molecule has 1 saturated carbocycles. The van der Waals surface area contributed by atoms with Crippen LogP contribution in [-0.2, 0) is 0 Å². The first-order valence-corrected chi connectivity index (χ1v) is 9.19. The molecule has 0 unspecified atom stereocenters. The molecule has 1 aliphatic carbocycles. The zero-order valence-electron chi connectivity index (χ0n) is 15.5. The minimum atomic E-state index is 0.0450. The van der Waals surface area contributed by atoms with E-state index in [1.807, 2.05) is 48.3 Å². The zero-order chi connectivity index (χ0) is 18.8. The van der Waals surface area contributed by atoms with Gasteiger partial charge in [-0.1, -0.05) is 12.1 Å². The van der Waals surface area contributed by atoms with Gasteiger partial charge < -0.3 is 9.32 Å². The molecule has 4 rings (SSSR count). The molecule has 0 bridgehead atoms. The molecule has 2 atom stereocenters. The Bertz CT molecular complexity index is 921. The number of aromatic nitrogens is 3. The number of hydrogen-bond acceptors (Lipinski definition) is 5. The molecule has 1 amide bonds. The van der Waals surface area contributed by atoms with Gasteiger partial charge >= 0.3 is 0 Å². The summed E-state index contributed by atoms with van der Waals surface area (Å²) in [5.74, 6) is 1.56. The van der Waals surface area contributed by atoms with E-state index in [1.165, 1.54) is 0 Å². The average Bonchev–Trinajstić information content (AvgIpc) is 3.37.